The zero-order valence-corrected chi connectivity index (χ0v) is 17.6. The van der Waals surface area contributed by atoms with E-state index in [0.29, 0.717) is 31.3 Å². The van der Waals surface area contributed by atoms with Gasteiger partial charge >= 0.3 is 6.09 Å². The molecule has 1 amide bonds. The number of amides is 1. The summed E-state index contributed by atoms with van der Waals surface area (Å²) in [6, 6.07) is 10.0. The minimum atomic E-state index is -0.546. The molecule has 10 heteroatoms. The maximum atomic E-state index is 14.2. The van der Waals surface area contributed by atoms with Crippen molar-refractivity contribution < 1.29 is 18.7 Å². The molecule has 1 saturated heterocycles. The van der Waals surface area contributed by atoms with Crippen LogP contribution < -0.4 is 15.8 Å². The van der Waals surface area contributed by atoms with Crippen LogP contribution in [0.25, 0.3) is 11.3 Å². The van der Waals surface area contributed by atoms with E-state index in [2.05, 4.69) is 20.0 Å². The number of carbonyl (C=O) groups is 1. The molecule has 0 aliphatic carbocycles. The molecule has 1 fully saturated rings. The first-order chi connectivity index (χ1) is 15.5. The van der Waals surface area contributed by atoms with Crippen molar-refractivity contribution >= 4 is 17.7 Å². The fourth-order valence-corrected chi connectivity index (χ4v) is 3.51. The average Bonchev–Trinajstić information content (AvgIpc) is 2.81. The van der Waals surface area contributed by atoms with Crippen molar-refractivity contribution in [2.75, 3.05) is 37.0 Å². The van der Waals surface area contributed by atoms with Gasteiger partial charge in [-0.2, -0.15) is 0 Å². The second-order valence-electron chi connectivity index (χ2n) is 7.24. The van der Waals surface area contributed by atoms with Crippen molar-refractivity contribution in [3.8, 4) is 11.3 Å². The molecule has 0 bridgehead atoms. The fraction of sp³-hybridized carbons (Fsp3) is 0.273. The molecule has 0 spiro atoms. The molecule has 3 aromatic rings. The van der Waals surface area contributed by atoms with Crippen molar-refractivity contribution in [2.24, 2.45) is 7.05 Å². The number of benzene rings is 1. The van der Waals surface area contributed by atoms with Crippen LogP contribution >= 0.6 is 0 Å². The summed E-state index contributed by atoms with van der Waals surface area (Å²) in [7, 11) is 2.93. The summed E-state index contributed by atoms with van der Waals surface area (Å²) in [5.74, 6) is -0.110. The molecule has 0 unspecified atom stereocenters. The number of anilines is 2. The van der Waals surface area contributed by atoms with Crippen molar-refractivity contribution in [1.29, 1.82) is 0 Å². The van der Waals surface area contributed by atoms with E-state index in [1.54, 1.807) is 19.2 Å². The monoisotopic (exact) mass is 439 g/mol. The van der Waals surface area contributed by atoms with E-state index in [1.807, 2.05) is 17.0 Å². The summed E-state index contributed by atoms with van der Waals surface area (Å²) in [6.45, 7) is 1.41. The minimum Gasteiger partial charge on any atom is -0.453 e. The molecular formula is C22H22FN5O4. The highest BCUT2D eigenvalue weighted by atomic mass is 19.1. The summed E-state index contributed by atoms with van der Waals surface area (Å²) in [6.07, 6.45) is 1.74. The van der Waals surface area contributed by atoms with Gasteiger partial charge in [0.25, 0.3) is 5.56 Å². The molecular weight excluding hydrogens is 417 g/mol. The van der Waals surface area contributed by atoms with Gasteiger partial charge in [-0.25, -0.2) is 14.2 Å². The lowest BCUT2D eigenvalue weighted by Crippen LogP contribution is -2.41. The van der Waals surface area contributed by atoms with Crippen LogP contribution in [0.3, 0.4) is 0 Å². The van der Waals surface area contributed by atoms with Crippen LogP contribution in [0.1, 0.15) is 11.7 Å². The number of aromatic nitrogens is 3. The SMILES string of the molecule is COC(=O)Nc1ccc([C@H]2CN(c3nc(-c4ccncc4F)cc(=O)n3C)CCO2)cc1. The summed E-state index contributed by atoms with van der Waals surface area (Å²) >= 11 is 0. The van der Waals surface area contributed by atoms with Crippen LogP contribution in [0.4, 0.5) is 20.8 Å². The Morgan fingerprint density at radius 3 is 2.78 bits per heavy atom. The maximum absolute atomic E-state index is 14.2. The molecule has 3 heterocycles. The third-order valence-electron chi connectivity index (χ3n) is 5.22. The van der Waals surface area contributed by atoms with E-state index < -0.39 is 11.9 Å². The van der Waals surface area contributed by atoms with Crippen molar-refractivity contribution in [2.45, 2.75) is 6.10 Å². The number of nitrogens with one attached hydrogen (secondary N) is 1. The van der Waals surface area contributed by atoms with Gasteiger partial charge in [0.2, 0.25) is 5.95 Å². The zero-order valence-electron chi connectivity index (χ0n) is 17.6. The summed E-state index contributed by atoms with van der Waals surface area (Å²) in [4.78, 5) is 34.2. The normalized spacial score (nSPS) is 16.0. The van der Waals surface area contributed by atoms with Gasteiger partial charge in [0.1, 0.15) is 6.10 Å². The fourth-order valence-electron chi connectivity index (χ4n) is 3.51. The zero-order chi connectivity index (χ0) is 22.7. The highest BCUT2D eigenvalue weighted by Gasteiger charge is 2.25. The molecule has 4 rings (SSSR count). The molecule has 9 nitrogen and oxygen atoms in total. The first kappa shape index (κ1) is 21.4. The van der Waals surface area contributed by atoms with Gasteiger partial charge < -0.3 is 14.4 Å². The molecule has 32 heavy (non-hydrogen) atoms. The van der Waals surface area contributed by atoms with Gasteiger partial charge in [0, 0.05) is 37.1 Å². The average molecular weight is 439 g/mol. The Kier molecular flexibility index (Phi) is 6.13. The summed E-state index contributed by atoms with van der Waals surface area (Å²) < 4.78 is 26.2. The van der Waals surface area contributed by atoms with E-state index >= 15 is 0 Å². The number of methoxy groups -OCH3 is 1. The number of hydrogen-bond donors (Lipinski definition) is 1. The standard InChI is InChI=1S/C22H22FN5O4/c1-27-20(29)11-18(16-7-8-24-12-17(16)23)26-21(27)28-9-10-32-19(13-28)14-3-5-15(6-4-14)25-22(30)31-2/h3-8,11-12,19H,9-10,13H2,1-2H3,(H,25,30)/t19-/m1/s1. The predicted octanol–water partition coefficient (Wildman–Crippen LogP) is 2.74. The number of halogens is 1. The third-order valence-corrected chi connectivity index (χ3v) is 5.22. The molecule has 1 aliphatic rings. The van der Waals surface area contributed by atoms with Gasteiger partial charge in [-0.1, -0.05) is 12.1 Å². The van der Waals surface area contributed by atoms with Gasteiger partial charge in [-0.05, 0) is 23.8 Å². The van der Waals surface area contributed by atoms with Gasteiger partial charge in [0.15, 0.2) is 5.82 Å². The second kappa shape index (κ2) is 9.15. The minimum absolute atomic E-state index is 0.220. The van der Waals surface area contributed by atoms with Crippen LogP contribution in [0.2, 0.25) is 0 Å². The lowest BCUT2D eigenvalue weighted by atomic mass is 10.1. The molecule has 0 saturated carbocycles. The Morgan fingerprint density at radius 1 is 1.28 bits per heavy atom. The Balaban J connectivity index is 1.59. The number of carbonyl (C=O) groups excluding carboxylic acids is 1. The Hall–Kier alpha value is -3.79. The molecule has 0 radical (unpaired) electrons. The number of hydrogen-bond acceptors (Lipinski definition) is 7. The first-order valence-electron chi connectivity index (χ1n) is 9.95. The summed E-state index contributed by atoms with van der Waals surface area (Å²) in [5.41, 5.74) is 1.69. The van der Waals surface area contributed by atoms with Crippen LogP contribution in [0, 0.1) is 5.82 Å². The van der Waals surface area contributed by atoms with E-state index in [4.69, 9.17) is 4.74 Å². The van der Waals surface area contributed by atoms with E-state index in [0.717, 1.165) is 11.8 Å². The second-order valence-corrected chi connectivity index (χ2v) is 7.24. The van der Waals surface area contributed by atoms with E-state index in [1.165, 1.54) is 30.0 Å². The Bertz CT molecular complexity index is 1180. The Morgan fingerprint density at radius 2 is 2.06 bits per heavy atom. The highest BCUT2D eigenvalue weighted by molar-refractivity contribution is 5.84. The van der Waals surface area contributed by atoms with Crippen LogP contribution in [-0.2, 0) is 16.5 Å². The largest absolute Gasteiger partial charge is 0.453 e. The maximum Gasteiger partial charge on any atom is 0.411 e. The van der Waals surface area contributed by atoms with Gasteiger partial charge in [-0.15, -0.1) is 0 Å². The van der Waals surface area contributed by atoms with Crippen LogP contribution in [-0.4, -0.2) is 47.4 Å². The lowest BCUT2D eigenvalue weighted by molar-refractivity contribution is 0.0390. The van der Waals surface area contributed by atoms with Crippen molar-refractivity contribution in [1.82, 2.24) is 14.5 Å². The van der Waals surface area contributed by atoms with Gasteiger partial charge in [-0.3, -0.25) is 19.7 Å². The number of rotatable bonds is 4. The molecule has 166 valence electrons. The van der Waals surface area contributed by atoms with Crippen molar-refractivity contribution in [3.63, 3.8) is 0 Å². The Labute approximate surface area is 183 Å². The van der Waals surface area contributed by atoms with Crippen LogP contribution in [0.5, 0.6) is 0 Å². The van der Waals surface area contributed by atoms with Gasteiger partial charge in [0.05, 0.1) is 32.2 Å². The molecule has 2 aromatic heterocycles. The molecule has 1 aliphatic heterocycles. The first-order valence-corrected chi connectivity index (χ1v) is 9.95. The number of ether oxygens (including phenoxy) is 2. The summed E-state index contributed by atoms with van der Waals surface area (Å²) in [5, 5.41) is 2.60. The number of nitrogens with zero attached hydrogens (tertiary/aromatic N) is 4. The smallest absolute Gasteiger partial charge is 0.411 e. The van der Waals surface area contributed by atoms with E-state index in [9.17, 15) is 14.0 Å². The number of morpholine rings is 1. The molecule has 1 aromatic carbocycles. The molecule has 1 atom stereocenters. The van der Waals surface area contributed by atoms with Crippen LogP contribution in [0.15, 0.2) is 53.6 Å². The quantitative estimate of drug-likeness (QED) is 0.667. The lowest BCUT2D eigenvalue weighted by Gasteiger charge is -2.34. The predicted molar refractivity (Wildman–Crippen MR) is 116 cm³/mol. The molecule has 1 N–H and O–H groups in total. The highest BCUT2D eigenvalue weighted by Crippen LogP contribution is 2.27. The van der Waals surface area contributed by atoms with E-state index in [-0.39, 0.29) is 22.9 Å². The third kappa shape index (κ3) is 4.45. The van der Waals surface area contributed by atoms with Crippen molar-refractivity contribution in [3.05, 3.63) is 70.5 Å². The number of pyridine rings is 1. The topological polar surface area (TPSA) is 98.6 Å².